The fourth-order valence-corrected chi connectivity index (χ4v) is 7.90. The first-order chi connectivity index (χ1) is 19.8. The van der Waals surface area contributed by atoms with Crippen LogP contribution in [0, 0.1) is 11.8 Å². The molecule has 4 rings (SSSR count). The van der Waals surface area contributed by atoms with E-state index in [1.54, 1.807) is 29.2 Å². The monoisotopic (exact) mass is 625 g/mol. The van der Waals surface area contributed by atoms with Crippen molar-refractivity contribution < 1.29 is 31.2 Å². The standard InChI is InChI=1S/C30H38F3N3O4S2/c1-19(2)17-34-23-7-12-27(21(16-23)18-42(39,40)25-10-8-24(41-3)9-11-25)36-14-13-26(29(36)38)35-28(37)20-5-4-6-22(15-20)30(31,32)33/h4-6,8-11,15,19,21,23,26-27,34H,7,12-14,16-18H2,1-3H3,(H,35,37)/t21-,23+,26-,27-/m0/s1. The van der Waals surface area contributed by atoms with E-state index in [-0.39, 0.29) is 40.1 Å². The van der Waals surface area contributed by atoms with Crippen LogP contribution in [0.3, 0.4) is 0 Å². The zero-order chi connectivity index (χ0) is 30.7. The Bertz CT molecular complexity index is 1370. The third-order valence-corrected chi connectivity index (χ3v) is 10.6. The number of alkyl halides is 3. The SMILES string of the molecule is CSc1ccc(S(=O)(=O)C[C@@H]2C[C@H](NCC(C)C)CC[C@@H]2N2CC[C@H](NC(=O)c3cccc(C(F)(F)F)c3)C2=O)cc1. The molecule has 0 radical (unpaired) electrons. The van der Waals surface area contributed by atoms with Crippen LogP contribution in [0.5, 0.6) is 0 Å². The molecule has 2 aromatic carbocycles. The molecule has 42 heavy (non-hydrogen) atoms. The van der Waals surface area contributed by atoms with E-state index in [1.807, 2.05) is 6.26 Å². The summed E-state index contributed by atoms with van der Waals surface area (Å²) in [5.74, 6) is -1.09. The zero-order valence-corrected chi connectivity index (χ0v) is 25.6. The molecule has 2 amide bonds. The highest BCUT2D eigenvalue weighted by atomic mass is 32.2. The van der Waals surface area contributed by atoms with Crippen molar-refractivity contribution in [2.75, 3.05) is 25.1 Å². The highest BCUT2D eigenvalue weighted by Crippen LogP contribution is 2.34. The molecule has 12 heteroatoms. The van der Waals surface area contributed by atoms with Crippen LogP contribution < -0.4 is 10.6 Å². The molecule has 2 fully saturated rings. The summed E-state index contributed by atoms with van der Waals surface area (Å²) in [6.45, 7) is 5.35. The average Bonchev–Trinajstić information content (AvgIpc) is 3.30. The Morgan fingerprint density at radius 3 is 2.45 bits per heavy atom. The lowest BCUT2D eigenvalue weighted by Gasteiger charge is -2.41. The maximum Gasteiger partial charge on any atom is 0.416 e. The van der Waals surface area contributed by atoms with Crippen molar-refractivity contribution in [2.24, 2.45) is 11.8 Å². The molecular weight excluding hydrogens is 587 g/mol. The molecule has 0 unspecified atom stereocenters. The van der Waals surface area contributed by atoms with Gasteiger partial charge in [-0.05, 0) is 92.8 Å². The Balaban J connectivity index is 1.50. The second-order valence-electron chi connectivity index (χ2n) is 11.5. The number of amides is 2. The fraction of sp³-hybridized carbons (Fsp3) is 0.533. The fourth-order valence-electron chi connectivity index (χ4n) is 5.83. The van der Waals surface area contributed by atoms with Crippen molar-refractivity contribution in [3.63, 3.8) is 0 Å². The van der Waals surface area contributed by atoms with Gasteiger partial charge in [-0.1, -0.05) is 19.9 Å². The molecule has 1 saturated heterocycles. The molecule has 1 aliphatic heterocycles. The van der Waals surface area contributed by atoms with E-state index < -0.39 is 33.5 Å². The van der Waals surface area contributed by atoms with Gasteiger partial charge in [0.15, 0.2) is 9.84 Å². The van der Waals surface area contributed by atoms with Crippen molar-refractivity contribution in [3.05, 3.63) is 59.7 Å². The van der Waals surface area contributed by atoms with Gasteiger partial charge < -0.3 is 15.5 Å². The second kappa shape index (κ2) is 13.4. The smallest absolute Gasteiger partial charge is 0.340 e. The van der Waals surface area contributed by atoms with E-state index in [9.17, 15) is 31.2 Å². The van der Waals surface area contributed by atoms with Crippen molar-refractivity contribution in [2.45, 2.75) is 73.6 Å². The van der Waals surface area contributed by atoms with E-state index in [4.69, 9.17) is 0 Å². The first kappa shape index (κ1) is 32.3. The molecule has 1 heterocycles. The van der Waals surface area contributed by atoms with Crippen molar-refractivity contribution >= 4 is 33.4 Å². The van der Waals surface area contributed by atoms with Gasteiger partial charge in [-0.3, -0.25) is 9.59 Å². The molecule has 2 aliphatic rings. The number of likely N-dealkylation sites (tertiary alicyclic amines) is 1. The van der Waals surface area contributed by atoms with E-state index >= 15 is 0 Å². The number of hydrogen-bond donors (Lipinski definition) is 2. The third kappa shape index (κ3) is 7.87. The van der Waals surface area contributed by atoms with Crippen LogP contribution in [0.4, 0.5) is 13.2 Å². The van der Waals surface area contributed by atoms with Crippen molar-refractivity contribution in [3.8, 4) is 0 Å². The zero-order valence-electron chi connectivity index (χ0n) is 24.0. The lowest BCUT2D eigenvalue weighted by molar-refractivity contribution is -0.137. The summed E-state index contributed by atoms with van der Waals surface area (Å²) >= 11 is 1.53. The molecule has 2 aromatic rings. The second-order valence-corrected chi connectivity index (χ2v) is 14.4. The first-order valence-corrected chi connectivity index (χ1v) is 17.0. The van der Waals surface area contributed by atoms with Gasteiger partial charge in [-0.2, -0.15) is 13.2 Å². The summed E-state index contributed by atoms with van der Waals surface area (Å²) in [6.07, 6.45) is -0.397. The van der Waals surface area contributed by atoms with Crippen LogP contribution >= 0.6 is 11.8 Å². The van der Waals surface area contributed by atoms with Gasteiger partial charge in [0, 0.05) is 29.1 Å². The largest absolute Gasteiger partial charge is 0.416 e. The summed E-state index contributed by atoms with van der Waals surface area (Å²) < 4.78 is 66.4. The summed E-state index contributed by atoms with van der Waals surface area (Å²) in [6, 6.07) is 9.80. The predicted octanol–water partition coefficient (Wildman–Crippen LogP) is 5.01. The number of hydrogen-bond acceptors (Lipinski definition) is 6. The molecule has 230 valence electrons. The average molecular weight is 626 g/mol. The number of rotatable bonds is 10. The van der Waals surface area contributed by atoms with Crippen molar-refractivity contribution in [1.29, 1.82) is 0 Å². The van der Waals surface area contributed by atoms with Gasteiger partial charge in [0.05, 0.1) is 16.2 Å². The van der Waals surface area contributed by atoms with E-state index in [1.165, 1.54) is 17.8 Å². The highest BCUT2D eigenvalue weighted by molar-refractivity contribution is 7.98. The van der Waals surface area contributed by atoms with Gasteiger partial charge in [-0.15, -0.1) is 11.8 Å². The molecular formula is C30H38F3N3O4S2. The van der Waals surface area contributed by atoms with Crippen LogP contribution in [0.25, 0.3) is 0 Å². The lowest BCUT2D eigenvalue weighted by Crippen LogP contribution is -2.52. The minimum Gasteiger partial charge on any atom is -0.340 e. The quantitative estimate of drug-likeness (QED) is 0.361. The number of halogens is 3. The number of thioether (sulfide) groups is 1. The van der Waals surface area contributed by atoms with Gasteiger partial charge in [0.1, 0.15) is 6.04 Å². The summed E-state index contributed by atoms with van der Waals surface area (Å²) in [5.41, 5.74) is -1.12. The molecule has 1 saturated carbocycles. The predicted molar refractivity (Wildman–Crippen MR) is 157 cm³/mol. The molecule has 2 N–H and O–H groups in total. The Kier molecular flexibility index (Phi) is 10.3. The molecule has 1 aliphatic carbocycles. The van der Waals surface area contributed by atoms with Gasteiger partial charge >= 0.3 is 6.18 Å². The molecule has 4 atom stereocenters. The summed E-state index contributed by atoms with van der Waals surface area (Å²) in [4.78, 5) is 29.2. The van der Waals surface area contributed by atoms with Crippen LogP contribution in [-0.4, -0.2) is 68.4 Å². The Hall–Kier alpha value is -2.57. The van der Waals surface area contributed by atoms with Crippen LogP contribution in [0.2, 0.25) is 0 Å². The Labute approximate surface area is 249 Å². The number of nitrogens with one attached hydrogen (secondary N) is 2. The van der Waals surface area contributed by atoms with Crippen LogP contribution in [0.15, 0.2) is 58.3 Å². The van der Waals surface area contributed by atoms with Gasteiger partial charge in [-0.25, -0.2) is 8.42 Å². The van der Waals surface area contributed by atoms with Crippen LogP contribution in [-0.2, 0) is 20.8 Å². The normalized spacial score (nSPS) is 23.4. The molecule has 7 nitrogen and oxygen atoms in total. The van der Waals surface area contributed by atoms with Crippen molar-refractivity contribution in [1.82, 2.24) is 15.5 Å². The number of sulfone groups is 1. The third-order valence-electron chi connectivity index (χ3n) is 8.01. The first-order valence-electron chi connectivity index (χ1n) is 14.2. The number of benzene rings is 2. The Morgan fingerprint density at radius 2 is 1.81 bits per heavy atom. The minimum absolute atomic E-state index is 0.110. The minimum atomic E-state index is -4.59. The van der Waals surface area contributed by atoms with Gasteiger partial charge in [0.2, 0.25) is 5.91 Å². The van der Waals surface area contributed by atoms with E-state index in [2.05, 4.69) is 24.5 Å². The summed E-state index contributed by atoms with van der Waals surface area (Å²) in [7, 11) is -3.64. The number of carbonyl (C=O) groups is 2. The Morgan fingerprint density at radius 1 is 1.10 bits per heavy atom. The van der Waals surface area contributed by atoms with E-state index in [0.717, 1.165) is 36.1 Å². The topological polar surface area (TPSA) is 95.6 Å². The van der Waals surface area contributed by atoms with Gasteiger partial charge in [0.25, 0.3) is 5.91 Å². The molecule has 0 spiro atoms. The summed E-state index contributed by atoms with van der Waals surface area (Å²) in [5, 5.41) is 6.15. The maximum atomic E-state index is 13.5. The number of nitrogens with zero attached hydrogens (tertiary/aromatic N) is 1. The lowest BCUT2D eigenvalue weighted by atomic mass is 9.81. The number of carbonyl (C=O) groups excluding carboxylic acids is 2. The molecule has 0 bridgehead atoms. The maximum absolute atomic E-state index is 13.5. The highest BCUT2D eigenvalue weighted by Gasteiger charge is 2.43. The molecule has 0 aromatic heterocycles. The van der Waals surface area contributed by atoms with E-state index in [0.29, 0.717) is 31.7 Å². The van der Waals surface area contributed by atoms with Crippen LogP contribution in [0.1, 0.15) is 55.5 Å².